The molecule has 0 bridgehead atoms. The summed E-state index contributed by atoms with van der Waals surface area (Å²) in [5.41, 5.74) is 7.21. The normalized spacial score (nSPS) is 9.22. The molecule has 1 heterocycles. The summed E-state index contributed by atoms with van der Waals surface area (Å²) in [5, 5.41) is 20.6. The standard InChI is InChI=1S/C12H8N6/c13-4-8-1-2-11(3-9(8)5-14)18-12-16-6-10(15)7-17-12/h1-3,6-7H,15H2,(H,16,17,18). The lowest BCUT2D eigenvalue weighted by Crippen LogP contribution is -1.98. The molecule has 1 aromatic carbocycles. The number of anilines is 3. The maximum atomic E-state index is 8.90. The van der Waals surface area contributed by atoms with Crippen molar-refractivity contribution in [1.29, 1.82) is 10.5 Å². The molecule has 0 aliphatic carbocycles. The Kier molecular flexibility index (Phi) is 3.04. The Balaban J connectivity index is 2.28. The highest BCUT2D eigenvalue weighted by Crippen LogP contribution is 2.17. The summed E-state index contributed by atoms with van der Waals surface area (Å²) in [5.74, 6) is 0.373. The molecule has 2 rings (SSSR count). The van der Waals surface area contributed by atoms with Gasteiger partial charge in [0.05, 0.1) is 29.2 Å². The van der Waals surface area contributed by atoms with Crippen LogP contribution in [0.2, 0.25) is 0 Å². The highest BCUT2D eigenvalue weighted by molar-refractivity contribution is 5.60. The van der Waals surface area contributed by atoms with Crippen molar-refractivity contribution in [2.75, 3.05) is 11.1 Å². The maximum Gasteiger partial charge on any atom is 0.227 e. The first kappa shape index (κ1) is 11.4. The molecule has 0 unspecified atom stereocenters. The van der Waals surface area contributed by atoms with Crippen molar-refractivity contribution < 1.29 is 0 Å². The molecule has 6 nitrogen and oxygen atoms in total. The molecule has 18 heavy (non-hydrogen) atoms. The van der Waals surface area contributed by atoms with E-state index in [9.17, 15) is 0 Å². The summed E-state index contributed by atoms with van der Waals surface area (Å²) in [6.45, 7) is 0. The van der Waals surface area contributed by atoms with Crippen LogP contribution < -0.4 is 11.1 Å². The van der Waals surface area contributed by atoms with Gasteiger partial charge in [0.15, 0.2) is 0 Å². The fourth-order valence-electron chi connectivity index (χ4n) is 1.34. The lowest BCUT2D eigenvalue weighted by molar-refractivity contribution is 1.17. The Bertz CT molecular complexity index is 648. The van der Waals surface area contributed by atoms with Crippen LogP contribution in [-0.4, -0.2) is 9.97 Å². The van der Waals surface area contributed by atoms with E-state index >= 15 is 0 Å². The van der Waals surface area contributed by atoms with Crippen molar-refractivity contribution in [1.82, 2.24) is 9.97 Å². The van der Waals surface area contributed by atoms with E-state index in [1.807, 2.05) is 12.1 Å². The number of nitriles is 2. The SMILES string of the molecule is N#Cc1ccc(Nc2ncc(N)cn2)cc1C#N. The van der Waals surface area contributed by atoms with Crippen molar-refractivity contribution in [3.8, 4) is 12.1 Å². The predicted octanol–water partition coefficient (Wildman–Crippen LogP) is 1.55. The minimum absolute atomic E-state index is 0.304. The number of nitrogens with zero attached hydrogens (tertiary/aromatic N) is 4. The van der Waals surface area contributed by atoms with Crippen LogP contribution >= 0.6 is 0 Å². The van der Waals surface area contributed by atoms with Gasteiger partial charge in [-0.1, -0.05) is 0 Å². The minimum Gasteiger partial charge on any atom is -0.396 e. The molecule has 86 valence electrons. The molecule has 0 fully saturated rings. The van der Waals surface area contributed by atoms with E-state index in [1.165, 1.54) is 12.4 Å². The number of benzene rings is 1. The van der Waals surface area contributed by atoms with Gasteiger partial charge in [-0.15, -0.1) is 0 Å². The predicted molar refractivity (Wildman–Crippen MR) is 65.6 cm³/mol. The summed E-state index contributed by atoms with van der Waals surface area (Å²) in [4.78, 5) is 7.95. The number of hydrogen-bond donors (Lipinski definition) is 2. The van der Waals surface area contributed by atoms with E-state index in [0.29, 0.717) is 28.5 Å². The molecule has 0 radical (unpaired) electrons. The summed E-state index contributed by atoms with van der Waals surface area (Å²) in [6, 6.07) is 8.72. The van der Waals surface area contributed by atoms with Gasteiger partial charge < -0.3 is 11.1 Å². The molecule has 6 heteroatoms. The van der Waals surface area contributed by atoms with Gasteiger partial charge in [-0.05, 0) is 18.2 Å². The fraction of sp³-hybridized carbons (Fsp3) is 0. The first-order valence-electron chi connectivity index (χ1n) is 5.01. The third-order valence-corrected chi connectivity index (χ3v) is 2.19. The Hall–Kier alpha value is -3.12. The molecule has 0 amide bonds. The first-order chi connectivity index (χ1) is 8.72. The van der Waals surface area contributed by atoms with Crippen LogP contribution in [0.3, 0.4) is 0 Å². The molecule has 0 aliphatic rings. The third-order valence-electron chi connectivity index (χ3n) is 2.19. The molecule has 0 atom stereocenters. The Labute approximate surface area is 103 Å². The van der Waals surface area contributed by atoms with E-state index in [-0.39, 0.29) is 0 Å². The summed E-state index contributed by atoms with van der Waals surface area (Å²) >= 11 is 0. The van der Waals surface area contributed by atoms with E-state index in [4.69, 9.17) is 16.3 Å². The van der Waals surface area contributed by atoms with Crippen LogP contribution in [0.5, 0.6) is 0 Å². The monoisotopic (exact) mass is 236 g/mol. The van der Waals surface area contributed by atoms with Gasteiger partial charge in [-0.25, -0.2) is 9.97 Å². The summed E-state index contributed by atoms with van der Waals surface area (Å²) in [7, 11) is 0. The third kappa shape index (κ3) is 2.34. The molecule has 1 aromatic heterocycles. The highest BCUT2D eigenvalue weighted by Gasteiger charge is 2.04. The van der Waals surface area contributed by atoms with E-state index in [0.717, 1.165) is 0 Å². The molecule has 0 saturated heterocycles. The second-order valence-electron chi connectivity index (χ2n) is 3.45. The van der Waals surface area contributed by atoms with Crippen LogP contribution in [0.1, 0.15) is 11.1 Å². The van der Waals surface area contributed by atoms with Gasteiger partial charge in [-0.2, -0.15) is 10.5 Å². The molecule has 0 aliphatic heterocycles. The molecule has 2 aromatic rings. The minimum atomic E-state index is 0.304. The largest absolute Gasteiger partial charge is 0.396 e. The topological polar surface area (TPSA) is 111 Å². The zero-order valence-electron chi connectivity index (χ0n) is 9.25. The van der Waals surface area contributed by atoms with Crippen molar-refractivity contribution >= 4 is 17.3 Å². The Morgan fingerprint density at radius 3 is 2.33 bits per heavy atom. The Morgan fingerprint density at radius 1 is 1.06 bits per heavy atom. The number of nitrogens with two attached hydrogens (primary N) is 1. The van der Waals surface area contributed by atoms with Gasteiger partial charge in [0, 0.05) is 5.69 Å². The van der Waals surface area contributed by atoms with Gasteiger partial charge >= 0.3 is 0 Å². The molecular formula is C12H8N6. The lowest BCUT2D eigenvalue weighted by Gasteiger charge is -2.05. The lowest BCUT2D eigenvalue weighted by atomic mass is 10.1. The molecule has 3 N–H and O–H groups in total. The molecule has 0 spiro atoms. The average Bonchev–Trinajstić information content (AvgIpc) is 2.41. The van der Waals surface area contributed by atoms with Crippen LogP contribution in [0.25, 0.3) is 0 Å². The molecule has 0 saturated carbocycles. The van der Waals surface area contributed by atoms with Crippen molar-refractivity contribution in [3.63, 3.8) is 0 Å². The van der Waals surface area contributed by atoms with Crippen LogP contribution in [0.15, 0.2) is 30.6 Å². The smallest absolute Gasteiger partial charge is 0.227 e. The van der Waals surface area contributed by atoms with Crippen molar-refractivity contribution in [3.05, 3.63) is 41.7 Å². The molecular weight excluding hydrogens is 228 g/mol. The average molecular weight is 236 g/mol. The summed E-state index contributed by atoms with van der Waals surface area (Å²) < 4.78 is 0. The number of rotatable bonds is 2. The Morgan fingerprint density at radius 2 is 1.72 bits per heavy atom. The number of aromatic nitrogens is 2. The highest BCUT2D eigenvalue weighted by atomic mass is 15.1. The van der Waals surface area contributed by atoms with Crippen LogP contribution in [0.4, 0.5) is 17.3 Å². The van der Waals surface area contributed by atoms with Gasteiger partial charge in [0.25, 0.3) is 0 Å². The quantitative estimate of drug-likeness (QED) is 0.818. The van der Waals surface area contributed by atoms with E-state index < -0.39 is 0 Å². The van der Waals surface area contributed by atoms with Crippen LogP contribution in [-0.2, 0) is 0 Å². The van der Waals surface area contributed by atoms with Gasteiger partial charge in [-0.3, -0.25) is 0 Å². The van der Waals surface area contributed by atoms with Crippen molar-refractivity contribution in [2.24, 2.45) is 0 Å². The zero-order chi connectivity index (χ0) is 13.0. The van der Waals surface area contributed by atoms with E-state index in [2.05, 4.69) is 15.3 Å². The number of nitrogens with one attached hydrogen (secondary N) is 1. The van der Waals surface area contributed by atoms with Crippen LogP contribution in [0, 0.1) is 22.7 Å². The number of nitrogen functional groups attached to an aromatic ring is 1. The summed E-state index contributed by atoms with van der Waals surface area (Å²) in [6.07, 6.45) is 2.95. The fourth-order valence-corrected chi connectivity index (χ4v) is 1.34. The van der Waals surface area contributed by atoms with E-state index in [1.54, 1.807) is 18.2 Å². The number of hydrogen-bond acceptors (Lipinski definition) is 6. The first-order valence-corrected chi connectivity index (χ1v) is 5.01. The van der Waals surface area contributed by atoms with Crippen molar-refractivity contribution in [2.45, 2.75) is 0 Å². The van der Waals surface area contributed by atoms with Gasteiger partial charge in [0.2, 0.25) is 5.95 Å². The maximum absolute atomic E-state index is 8.90. The zero-order valence-corrected chi connectivity index (χ0v) is 9.25. The second kappa shape index (κ2) is 4.81. The second-order valence-corrected chi connectivity index (χ2v) is 3.45. The van der Waals surface area contributed by atoms with Gasteiger partial charge in [0.1, 0.15) is 12.1 Å².